The summed E-state index contributed by atoms with van der Waals surface area (Å²) >= 11 is 1.44. The van der Waals surface area contributed by atoms with Crippen molar-refractivity contribution in [3.8, 4) is 0 Å². The van der Waals surface area contributed by atoms with Crippen molar-refractivity contribution in [1.82, 2.24) is 10.3 Å². The van der Waals surface area contributed by atoms with Crippen LogP contribution < -0.4 is 5.32 Å². The maximum Gasteiger partial charge on any atom is 0.230 e. The van der Waals surface area contributed by atoms with E-state index >= 15 is 0 Å². The molecule has 98 valence electrons. The van der Waals surface area contributed by atoms with E-state index in [1.165, 1.54) is 11.8 Å². The third-order valence-electron chi connectivity index (χ3n) is 2.67. The fraction of sp³-hybridized carbons (Fsp3) is 0.200. The van der Waals surface area contributed by atoms with E-state index < -0.39 is 0 Å². The zero-order chi connectivity index (χ0) is 13.5. The van der Waals surface area contributed by atoms with Gasteiger partial charge in [0.2, 0.25) is 5.91 Å². The van der Waals surface area contributed by atoms with Crippen LogP contribution in [0, 0.1) is 0 Å². The number of nitrogens with one attached hydrogen (secondary N) is 1. The molecule has 1 heterocycles. The van der Waals surface area contributed by atoms with Gasteiger partial charge < -0.3 is 5.32 Å². The fourth-order valence-corrected chi connectivity index (χ4v) is 2.35. The molecule has 1 aromatic carbocycles. The Labute approximate surface area is 117 Å². The van der Waals surface area contributed by atoms with Crippen LogP contribution in [0.5, 0.6) is 0 Å². The predicted molar refractivity (Wildman–Crippen MR) is 78.0 cm³/mol. The molecule has 3 nitrogen and oxygen atoms in total. The summed E-state index contributed by atoms with van der Waals surface area (Å²) in [4.78, 5) is 16.0. The standard InChI is InChI=1S/C15H16N2OS/c1-12(13-7-3-2-4-8-13)17-14(18)11-19-15-9-5-6-10-16-15/h2-10,12H,11H2,1H3,(H,17,18)/t12-/m0/s1. The molecule has 0 aliphatic heterocycles. The van der Waals surface area contributed by atoms with Crippen molar-refractivity contribution in [3.05, 3.63) is 60.3 Å². The average molecular weight is 272 g/mol. The van der Waals surface area contributed by atoms with E-state index in [1.54, 1.807) is 6.20 Å². The second-order valence-electron chi connectivity index (χ2n) is 4.16. The minimum atomic E-state index is 0.0204. The highest BCUT2D eigenvalue weighted by Crippen LogP contribution is 2.15. The normalized spacial score (nSPS) is 11.8. The molecule has 0 aliphatic rings. The first-order chi connectivity index (χ1) is 9.25. The van der Waals surface area contributed by atoms with Crippen molar-refractivity contribution in [2.75, 3.05) is 5.75 Å². The van der Waals surface area contributed by atoms with Gasteiger partial charge >= 0.3 is 0 Å². The molecular weight excluding hydrogens is 256 g/mol. The van der Waals surface area contributed by atoms with Gasteiger partial charge in [-0.3, -0.25) is 4.79 Å². The maximum absolute atomic E-state index is 11.8. The number of amides is 1. The first-order valence-corrected chi connectivity index (χ1v) is 7.12. The Hall–Kier alpha value is -1.81. The number of carbonyl (C=O) groups excluding carboxylic acids is 1. The third kappa shape index (κ3) is 4.41. The van der Waals surface area contributed by atoms with Gasteiger partial charge in [0.25, 0.3) is 0 Å². The Bertz CT molecular complexity index is 516. The number of aromatic nitrogens is 1. The molecule has 2 rings (SSSR count). The van der Waals surface area contributed by atoms with Crippen LogP contribution in [0.15, 0.2) is 59.8 Å². The lowest BCUT2D eigenvalue weighted by atomic mass is 10.1. The summed E-state index contributed by atoms with van der Waals surface area (Å²) < 4.78 is 0. The minimum absolute atomic E-state index is 0.0204. The van der Waals surface area contributed by atoms with Crippen molar-refractivity contribution in [2.45, 2.75) is 18.0 Å². The number of nitrogens with zero attached hydrogens (tertiary/aromatic N) is 1. The highest BCUT2D eigenvalue weighted by atomic mass is 32.2. The van der Waals surface area contributed by atoms with E-state index in [4.69, 9.17) is 0 Å². The van der Waals surface area contributed by atoms with Gasteiger partial charge in [-0.05, 0) is 24.6 Å². The van der Waals surface area contributed by atoms with Gasteiger partial charge in [0, 0.05) is 6.20 Å². The van der Waals surface area contributed by atoms with Gasteiger partial charge in [-0.1, -0.05) is 48.2 Å². The Balaban J connectivity index is 1.82. The molecule has 2 aromatic rings. The summed E-state index contributed by atoms with van der Waals surface area (Å²) in [6.45, 7) is 1.98. The third-order valence-corrected chi connectivity index (χ3v) is 3.61. The number of rotatable bonds is 5. The zero-order valence-corrected chi connectivity index (χ0v) is 11.6. The highest BCUT2D eigenvalue weighted by molar-refractivity contribution is 7.99. The van der Waals surface area contributed by atoms with E-state index in [9.17, 15) is 4.79 Å². The molecule has 0 unspecified atom stereocenters. The monoisotopic (exact) mass is 272 g/mol. The second kappa shape index (κ2) is 6.95. The van der Waals surface area contributed by atoms with Crippen LogP contribution in [-0.2, 0) is 4.79 Å². The van der Waals surface area contributed by atoms with E-state index in [0.717, 1.165) is 10.6 Å². The summed E-state index contributed by atoms with van der Waals surface area (Å²) in [5.74, 6) is 0.403. The molecule has 1 atom stereocenters. The second-order valence-corrected chi connectivity index (χ2v) is 5.15. The van der Waals surface area contributed by atoms with Crippen molar-refractivity contribution >= 4 is 17.7 Å². The molecule has 19 heavy (non-hydrogen) atoms. The van der Waals surface area contributed by atoms with Gasteiger partial charge in [-0.15, -0.1) is 0 Å². The quantitative estimate of drug-likeness (QED) is 0.851. The molecule has 1 aromatic heterocycles. The summed E-state index contributed by atoms with van der Waals surface area (Å²) in [7, 11) is 0. The van der Waals surface area contributed by atoms with Crippen LogP contribution in [0.2, 0.25) is 0 Å². The number of thioether (sulfide) groups is 1. The number of pyridine rings is 1. The average Bonchev–Trinajstić information content (AvgIpc) is 2.47. The van der Waals surface area contributed by atoms with Gasteiger partial charge in [0.05, 0.1) is 16.8 Å². The largest absolute Gasteiger partial charge is 0.349 e. The molecule has 0 fully saturated rings. The molecule has 0 radical (unpaired) electrons. The van der Waals surface area contributed by atoms with Crippen molar-refractivity contribution in [1.29, 1.82) is 0 Å². The first kappa shape index (κ1) is 13.6. The Kier molecular flexibility index (Phi) is 4.98. The van der Waals surface area contributed by atoms with Gasteiger partial charge in [0.1, 0.15) is 0 Å². The zero-order valence-electron chi connectivity index (χ0n) is 10.7. The molecule has 0 saturated carbocycles. The topological polar surface area (TPSA) is 42.0 Å². The van der Waals surface area contributed by atoms with Crippen LogP contribution in [-0.4, -0.2) is 16.6 Å². The molecule has 0 saturated heterocycles. The summed E-state index contributed by atoms with van der Waals surface area (Å²) in [6, 6.07) is 15.6. The minimum Gasteiger partial charge on any atom is -0.349 e. The van der Waals surface area contributed by atoms with Crippen molar-refractivity contribution < 1.29 is 4.79 Å². The summed E-state index contributed by atoms with van der Waals surface area (Å²) in [5, 5.41) is 3.84. The van der Waals surface area contributed by atoms with E-state index in [2.05, 4.69) is 10.3 Å². The van der Waals surface area contributed by atoms with Gasteiger partial charge in [-0.2, -0.15) is 0 Å². The summed E-state index contributed by atoms with van der Waals surface area (Å²) in [5.41, 5.74) is 1.11. The number of hydrogen-bond acceptors (Lipinski definition) is 3. The summed E-state index contributed by atoms with van der Waals surface area (Å²) in [6.07, 6.45) is 1.73. The molecular formula is C15H16N2OS. The van der Waals surface area contributed by atoms with Gasteiger partial charge in [0.15, 0.2) is 0 Å². The molecule has 1 N–H and O–H groups in total. The maximum atomic E-state index is 11.8. The lowest BCUT2D eigenvalue weighted by Gasteiger charge is -2.13. The molecule has 4 heteroatoms. The van der Waals surface area contributed by atoms with Crippen LogP contribution in [0.3, 0.4) is 0 Å². The fourth-order valence-electron chi connectivity index (χ4n) is 1.68. The lowest BCUT2D eigenvalue weighted by Crippen LogP contribution is -2.28. The Morgan fingerprint density at radius 1 is 1.21 bits per heavy atom. The van der Waals surface area contributed by atoms with Crippen LogP contribution in [0.1, 0.15) is 18.5 Å². The number of carbonyl (C=O) groups is 1. The van der Waals surface area contributed by atoms with Crippen molar-refractivity contribution in [2.24, 2.45) is 0 Å². The smallest absolute Gasteiger partial charge is 0.230 e. The number of benzene rings is 1. The van der Waals surface area contributed by atoms with Crippen LogP contribution in [0.4, 0.5) is 0 Å². The van der Waals surface area contributed by atoms with Crippen molar-refractivity contribution in [3.63, 3.8) is 0 Å². The van der Waals surface area contributed by atoms with Crippen LogP contribution in [0.25, 0.3) is 0 Å². The molecule has 0 aliphatic carbocycles. The molecule has 0 bridgehead atoms. The SMILES string of the molecule is C[C@H](NC(=O)CSc1ccccn1)c1ccccc1. The Morgan fingerprint density at radius 3 is 2.63 bits per heavy atom. The highest BCUT2D eigenvalue weighted by Gasteiger charge is 2.09. The molecule has 1 amide bonds. The van der Waals surface area contributed by atoms with E-state index in [1.807, 2.05) is 55.5 Å². The Morgan fingerprint density at radius 2 is 1.95 bits per heavy atom. The number of hydrogen-bond donors (Lipinski definition) is 1. The van der Waals surface area contributed by atoms with Gasteiger partial charge in [-0.25, -0.2) is 4.98 Å². The van der Waals surface area contributed by atoms with Crippen LogP contribution >= 0.6 is 11.8 Å². The predicted octanol–water partition coefficient (Wildman–Crippen LogP) is 3.05. The molecule has 0 spiro atoms. The van der Waals surface area contributed by atoms with E-state index in [-0.39, 0.29) is 11.9 Å². The van der Waals surface area contributed by atoms with E-state index in [0.29, 0.717) is 5.75 Å². The lowest BCUT2D eigenvalue weighted by molar-refractivity contribution is -0.119. The first-order valence-electron chi connectivity index (χ1n) is 6.14.